The standard InChI is InChI=1S/C19H25N3O2S2/c1-11-6-7-13-14(9-11)26-18-16(13)17(24)20-19(21-18)25-10-15(23)22-8-4-3-5-12(22)2/h11-12H,3-10H2,1-2H3,(H,20,21,24)/t11-,12-/m0/s1. The van der Waals surface area contributed by atoms with Crippen molar-refractivity contribution in [1.29, 1.82) is 0 Å². The minimum atomic E-state index is -0.0525. The number of carbonyl (C=O) groups excluding carboxylic acids is 1. The highest BCUT2D eigenvalue weighted by Gasteiger charge is 2.25. The second kappa shape index (κ2) is 7.35. The van der Waals surface area contributed by atoms with Crippen LogP contribution in [0.25, 0.3) is 10.2 Å². The number of aryl methyl sites for hydroxylation is 1. The Balaban J connectivity index is 1.52. The molecule has 4 rings (SSSR count). The number of hydrogen-bond donors (Lipinski definition) is 1. The van der Waals surface area contributed by atoms with Crippen molar-refractivity contribution >= 4 is 39.2 Å². The summed E-state index contributed by atoms with van der Waals surface area (Å²) in [6, 6.07) is 0.317. The molecule has 5 nitrogen and oxygen atoms in total. The molecule has 2 aliphatic rings. The van der Waals surface area contributed by atoms with E-state index in [9.17, 15) is 9.59 Å². The molecule has 2 aromatic rings. The van der Waals surface area contributed by atoms with Crippen molar-refractivity contribution in [3.05, 3.63) is 20.8 Å². The van der Waals surface area contributed by atoms with Crippen molar-refractivity contribution in [2.24, 2.45) is 5.92 Å². The maximum atomic E-state index is 12.6. The summed E-state index contributed by atoms with van der Waals surface area (Å²) in [5, 5.41) is 1.34. The molecule has 1 fully saturated rings. The third-order valence-electron chi connectivity index (χ3n) is 5.60. The fourth-order valence-corrected chi connectivity index (χ4v) is 6.27. The Morgan fingerprint density at radius 1 is 1.35 bits per heavy atom. The smallest absolute Gasteiger partial charge is 0.260 e. The first kappa shape index (κ1) is 18.0. The molecule has 7 heteroatoms. The number of fused-ring (bicyclic) bond motifs is 3. The molecular formula is C19H25N3O2S2. The van der Waals surface area contributed by atoms with Crippen molar-refractivity contribution in [3.63, 3.8) is 0 Å². The van der Waals surface area contributed by atoms with Crippen LogP contribution >= 0.6 is 23.1 Å². The Morgan fingerprint density at radius 2 is 2.19 bits per heavy atom. The Labute approximate surface area is 161 Å². The SMILES string of the molecule is C[C@H]1CCc2c(sc3nc(SCC(=O)N4CCCC[C@@H]4C)[nH]c(=O)c23)C1. The Bertz CT molecular complexity index is 889. The maximum Gasteiger partial charge on any atom is 0.260 e. The van der Waals surface area contributed by atoms with Gasteiger partial charge >= 0.3 is 0 Å². The third-order valence-corrected chi connectivity index (χ3v) is 7.61. The Kier molecular flexibility index (Phi) is 5.10. The predicted octanol–water partition coefficient (Wildman–Crippen LogP) is 3.60. The van der Waals surface area contributed by atoms with Crippen molar-refractivity contribution < 1.29 is 4.79 Å². The van der Waals surface area contributed by atoms with E-state index >= 15 is 0 Å². The minimum absolute atomic E-state index is 0.0525. The first-order chi connectivity index (χ1) is 12.5. The average molecular weight is 392 g/mol. The van der Waals surface area contributed by atoms with Crippen LogP contribution in [-0.4, -0.2) is 39.1 Å². The number of thiophene rings is 1. The van der Waals surface area contributed by atoms with Gasteiger partial charge in [0.2, 0.25) is 5.91 Å². The predicted molar refractivity (Wildman–Crippen MR) is 107 cm³/mol. The van der Waals surface area contributed by atoms with Gasteiger partial charge in [0.15, 0.2) is 5.16 Å². The number of aromatic nitrogens is 2. The number of thioether (sulfide) groups is 1. The van der Waals surface area contributed by atoms with Gasteiger partial charge in [0.25, 0.3) is 5.56 Å². The lowest BCUT2D eigenvalue weighted by Crippen LogP contribution is -2.43. The molecule has 1 N–H and O–H groups in total. The van der Waals surface area contributed by atoms with Crippen LogP contribution in [0.2, 0.25) is 0 Å². The van der Waals surface area contributed by atoms with Gasteiger partial charge in [-0.25, -0.2) is 4.98 Å². The summed E-state index contributed by atoms with van der Waals surface area (Å²) in [6.07, 6.45) is 6.52. The fourth-order valence-electron chi connectivity index (χ4n) is 4.08. The highest BCUT2D eigenvalue weighted by Crippen LogP contribution is 2.36. The fraction of sp³-hybridized carbons (Fsp3) is 0.632. The van der Waals surface area contributed by atoms with E-state index in [0.717, 1.165) is 48.9 Å². The molecule has 1 saturated heterocycles. The van der Waals surface area contributed by atoms with E-state index in [4.69, 9.17) is 0 Å². The number of H-pyrrole nitrogens is 1. The van der Waals surface area contributed by atoms with Crippen LogP contribution in [0.1, 0.15) is 50.0 Å². The number of piperidine rings is 1. The third kappa shape index (κ3) is 3.43. The molecule has 0 aromatic carbocycles. The monoisotopic (exact) mass is 391 g/mol. The van der Waals surface area contributed by atoms with Crippen LogP contribution in [0.15, 0.2) is 9.95 Å². The molecule has 0 bridgehead atoms. The van der Waals surface area contributed by atoms with Gasteiger partial charge in [0, 0.05) is 17.5 Å². The molecule has 140 valence electrons. The first-order valence-electron chi connectivity index (χ1n) is 9.49. The summed E-state index contributed by atoms with van der Waals surface area (Å²) in [7, 11) is 0. The van der Waals surface area contributed by atoms with Gasteiger partial charge in [0.1, 0.15) is 4.83 Å². The molecule has 0 spiro atoms. The second-order valence-electron chi connectivity index (χ2n) is 7.62. The van der Waals surface area contributed by atoms with E-state index in [2.05, 4.69) is 23.8 Å². The largest absolute Gasteiger partial charge is 0.339 e. The lowest BCUT2D eigenvalue weighted by atomic mass is 9.89. The summed E-state index contributed by atoms with van der Waals surface area (Å²) in [5.41, 5.74) is 1.15. The molecule has 3 heterocycles. The summed E-state index contributed by atoms with van der Waals surface area (Å²) in [4.78, 5) is 36.8. The molecule has 2 aromatic heterocycles. The molecular weight excluding hydrogens is 366 g/mol. The molecule has 1 amide bonds. The number of likely N-dealkylation sites (tertiary alicyclic amines) is 1. The average Bonchev–Trinajstić information content (AvgIpc) is 2.97. The number of hydrogen-bond acceptors (Lipinski definition) is 5. The van der Waals surface area contributed by atoms with Gasteiger partial charge in [0.05, 0.1) is 11.1 Å². The van der Waals surface area contributed by atoms with E-state index in [1.54, 1.807) is 11.3 Å². The van der Waals surface area contributed by atoms with Gasteiger partial charge in [-0.15, -0.1) is 11.3 Å². The van der Waals surface area contributed by atoms with Crippen molar-refractivity contribution in [1.82, 2.24) is 14.9 Å². The quantitative estimate of drug-likeness (QED) is 0.641. The molecule has 0 radical (unpaired) electrons. The topological polar surface area (TPSA) is 66.1 Å². The minimum Gasteiger partial charge on any atom is -0.339 e. The molecule has 2 atom stereocenters. The second-order valence-corrected chi connectivity index (χ2v) is 9.67. The van der Waals surface area contributed by atoms with Gasteiger partial charge in [-0.3, -0.25) is 9.59 Å². The highest BCUT2D eigenvalue weighted by atomic mass is 32.2. The van der Waals surface area contributed by atoms with Crippen LogP contribution in [-0.2, 0) is 17.6 Å². The molecule has 26 heavy (non-hydrogen) atoms. The van der Waals surface area contributed by atoms with Crippen LogP contribution in [0.3, 0.4) is 0 Å². The summed E-state index contributed by atoms with van der Waals surface area (Å²) in [5.74, 6) is 1.15. The van der Waals surface area contributed by atoms with Crippen molar-refractivity contribution in [3.8, 4) is 0 Å². The first-order valence-corrected chi connectivity index (χ1v) is 11.3. The number of amides is 1. The zero-order valence-electron chi connectivity index (χ0n) is 15.3. The number of carbonyl (C=O) groups is 1. The number of aromatic amines is 1. The molecule has 0 saturated carbocycles. The van der Waals surface area contributed by atoms with E-state index in [1.165, 1.54) is 28.6 Å². The number of rotatable bonds is 3. The number of nitrogens with one attached hydrogen (secondary N) is 1. The Hall–Kier alpha value is -1.34. The normalized spacial score (nSPS) is 23.2. The van der Waals surface area contributed by atoms with E-state index in [1.807, 2.05) is 4.90 Å². The zero-order chi connectivity index (χ0) is 18.3. The van der Waals surface area contributed by atoms with E-state index in [-0.39, 0.29) is 11.5 Å². The zero-order valence-corrected chi connectivity index (χ0v) is 17.0. The van der Waals surface area contributed by atoms with Crippen LogP contribution in [0.5, 0.6) is 0 Å². The van der Waals surface area contributed by atoms with Gasteiger partial charge in [-0.2, -0.15) is 0 Å². The molecule has 0 unspecified atom stereocenters. The summed E-state index contributed by atoms with van der Waals surface area (Å²) < 4.78 is 0. The molecule has 1 aliphatic carbocycles. The van der Waals surface area contributed by atoms with Gasteiger partial charge in [-0.05, 0) is 56.9 Å². The highest BCUT2D eigenvalue weighted by molar-refractivity contribution is 7.99. The summed E-state index contributed by atoms with van der Waals surface area (Å²) >= 11 is 3.00. The lowest BCUT2D eigenvalue weighted by Gasteiger charge is -2.33. The Morgan fingerprint density at radius 3 is 3.00 bits per heavy atom. The maximum absolute atomic E-state index is 12.6. The van der Waals surface area contributed by atoms with Crippen LogP contribution in [0, 0.1) is 5.92 Å². The number of nitrogens with zero attached hydrogens (tertiary/aromatic N) is 2. The van der Waals surface area contributed by atoms with Crippen molar-refractivity contribution in [2.75, 3.05) is 12.3 Å². The molecule has 1 aliphatic heterocycles. The van der Waals surface area contributed by atoms with Gasteiger partial charge in [-0.1, -0.05) is 18.7 Å². The lowest BCUT2D eigenvalue weighted by molar-refractivity contribution is -0.131. The van der Waals surface area contributed by atoms with E-state index in [0.29, 0.717) is 22.9 Å². The van der Waals surface area contributed by atoms with Crippen molar-refractivity contribution in [2.45, 2.75) is 63.6 Å². The summed E-state index contributed by atoms with van der Waals surface area (Å²) in [6.45, 7) is 5.23. The van der Waals surface area contributed by atoms with Crippen LogP contribution in [0.4, 0.5) is 0 Å². The van der Waals surface area contributed by atoms with Gasteiger partial charge < -0.3 is 9.88 Å². The van der Waals surface area contributed by atoms with E-state index < -0.39 is 0 Å². The van der Waals surface area contributed by atoms with Crippen LogP contribution < -0.4 is 5.56 Å².